The summed E-state index contributed by atoms with van der Waals surface area (Å²) in [5.41, 5.74) is 5.96. The van der Waals surface area contributed by atoms with Crippen LogP contribution in [0.3, 0.4) is 0 Å². The molecule has 0 aromatic rings. The molecular weight excluding hydrogens is 186 g/mol. The van der Waals surface area contributed by atoms with Crippen LogP contribution in [-0.2, 0) is 0 Å². The van der Waals surface area contributed by atoms with Crippen LogP contribution in [0.15, 0.2) is 17.6 Å². The first kappa shape index (κ1) is 12.1. The number of nitrogens with two attached hydrogens (primary N) is 1. The fourth-order valence-electron chi connectivity index (χ4n) is 1.56. The van der Waals surface area contributed by atoms with Gasteiger partial charge >= 0.3 is 0 Å². The zero-order valence-electron chi connectivity index (χ0n) is 9.92. The van der Waals surface area contributed by atoms with Gasteiger partial charge in [-0.05, 0) is 31.1 Å². The minimum Gasteiger partial charge on any atom is -0.370 e. The molecule has 1 rings (SSSR count). The minimum atomic E-state index is 0.160. The first-order valence-electron chi connectivity index (χ1n) is 5.71. The summed E-state index contributed by atoms with van der Waals surface area (Å²) in [4.78, 5) is 4.37. The highest BCUT2D eigenvalue weighted by Gasteiger charge is 2.18. The van der Waals surface area contributed by atoms with Crippen LogP contribution in [0.4, 0.5) is 0 Å². The van der Waals surface area contributed by atoms with Gasteiger partial charge in [0.1, 0.15) is 0 Å². The number of nitrogens with one attached hydrogen (secondary N) is 1. The van der Waals surface area contributed by atoms with Crippen LogP contribution in [0.2, 0.25) is 0 Å². The van der Waals surface area contributed by atoms with Crippen LogP contribution in [0.5, 0.6) is 0 Å². The van der Waals surface area contributed by atoms with E-state index in [1.54, 1.807) is 0 Å². The molecule has 0 aromatic carbocycles. The Bertz CT molecular complexity index is 239. The van der Waals surface area contributed by atoms with E-state index in [2.05, 4.69) is 30.7 Å². The maximum absolute atomic E-state index is 5.80. The van der Waals surface area contributed by atoms with Crippen molar-refractivity contribution in [3.8, 4) is 0 Å². The second-order valence-electron chi connectivity index (χ2n) is 5.13. The maximum Gasteiger partial charge on any atom is 0.188 e. The first-order valence-corrected chi connectivity index (χ1v) is 5.71. The van der Waals surface area contributed by atoms with Gasteiger partial charge in [0.05, 0.1) is 0 Å². The van der Waals surface area contributed by atoms with Crippen molar-refractivity contribution in [1.29, 1.82) is 0 Å². The molecule has 3 nitrogen and oxygen atoms in total. The summed E-state index contributed by atoms with van der Waals surface area (Å²) < 4.78 is 0. The molecule has 86 valence electrons. The Balaban J connectivity index is 2.30. The number of nitrogens with zero attached hydrogens (tertiary/aromatic N) is 1. The summed E-state index contributed by atoms with van der Waals surface area (Å²) in [7, 11) is 0. The van der Waals surface area contributed by atoms with Crippen molar-refractivity contribution >= 4 is 5.96 Å². The van der Waals surface area contributed by atoms with Gasteiger partial charge in [0, 0.05) is 12.6 Å². The van der Waals surface area contributed by atoms with E-state index in [4.69, 9.17) is 5.73 Å². The molecule has 0 radical (unpaired) electrons. The fourth-order valence-corrected chi connectivity index (χ4v) is 1.56. The van der Waals surface area contributed by atoms with Crippen molar-refractivity contribution in [1.82, 2.24) is 5.32 Å². The molecule has 0 saturated heterocycles. The second-order valence-corrected chi connectivity index (χ2v) is 5.13. The molecule has 0 atom stereocenters. The van der Waals surface area contributed by atoms with E-state index in [0.29, 0.717) is 12.0 Å². The average Bonchev–Trinajstić information content (AvgIpc) is 2.08. The Morgan fingerprint density at radius 1 is 1.60 bits per heavy atom. The molecule has 15 heavy (non-hydrogen) atoms. The van der Waals surface area contributed by atoms with Crippen molar-refractivity contribution in [2.45, 2.75) is 45.6 Å². The van der Waals surface area contributed by atoms with Crippen LogP contribution in [-0.4, -0.2) is 18.5 Å². The SMILES string of the molecule is C=CCC(C)(C)CN=C(N)NC1CCC1. The lowest BCUT2D eigenvalue weighted by molar-refractivity contribution is 0.373. The summed E-state index contributed by atoms with van der Waals surface area (Å²) >= 11 is 0. The fraction of sp³-hybridized carbons (Fsp3) is 0.750. The van der Waals surface area contributed by atoms with Gasteiger partial charge in [-0.2, -0.15) is 0 Å². The average molecular weight is 209 g/mol. The van der Waals surface area contributed by atoms with Gasteiger partial charge in [0.25, 0.3) is 0 Å². The van der Waals surface area contributed by atoms with E-state index in [9.17, 15) is 0 Å². The van der Waals surface area contributed by atoms with Gasteiger partial charge in [-0.3, -0.25) is 4.99 Å². The third-order valence-electron chi connectivity index (χ3n) is 2.83. The molecule has 0 aromatic heterocycles. The smallest absolute Gasteiger partial charge is 0.188 e. The summed E-state index contributed by atoms with van der Waals surface area (Å²) in [6.45, 7) is 8.85. The predicted molar refractivity (Wildman–Crippen MR) is 65.9 cm³/mol. The summed E-state index contributed by atoms with van der Waals surface area (Å²) in [6, 6.07) is 0.566. The Morgan fingerprint density at radius 3 is 2.73 bits per heavy atom. The van der Waals surface area contributed by atoms with E-state index >= 15 is 0 Å². The number of hydrogen-bond acceptors (Lipinski definition) is 1. The summed E-state index contributed by atoms with van der Waals surface area (Å²) in [5.74, 6) is 0.594. The van der Waals surface area contributed by atoms with Gasteiger partial charge in [-0.15, -0.1) is 6.58 Å². The predicted octanol–water partition coefficient (Wildman–Crippen LogP) is 2.05. The number of allylic oxidation sites excluding steroid dienone is 1. The molecule has 3 N–H and O–H groups in total. The highest BCUT2D eigenvalue weighted by atomic mass is 15.1. The largest absolute Gasteiger partial charge is 0.370 e. The third-order valence-corrected chi connectivity index (χ3v) is 2.83. The first-order chi connectivity index (χ1) is 7.03. The standard InChI is InChI=1S/C12H23N3/c1-4-8-12(2,3)9-14-11(13)15-10-6-5-7-10/h4,10H,1,5-9H2,2-3H3,(H3,13,14,15). The Morgan fingerprint density at radius 2 is 2.27 bits per heavy atom. The van der Waals surface area contributed by atoms with Gasteiger partial charge in [-0.25, -0.2) is 0 Å². The highest BCUT2D eigenvalue weighted by Crippen LogP contribution is 2.21. The molecular formula is C12H23N3. The van der Waals surface area contributed by atoms with E-state index in [1.165, 1.54) is 19.3 Å². The number of rotatable bonds is 5. The van der Waals surface area contributed by atoms with Crippen molar-refractivity contribution in [2.75, 3.05) is 6.54 Å². The van der Waals surface area contributed by atoms with Crippen LogP contribution in [0, 0.1) is 5.41 Å². The lowest BCUT2D eigenvalue weighted by Gasteiger charge is -2.27. The van der Waals surface area contributed by atoms with Gasteiger partial charge in [0.2, 0.25) is 0 Å². The van der Waals surface area contributed by atoms with E-state index < -0.39 is 0 Å². The quantitative estimate of drug-likeness (QED) is 0.413. The summed E-state index contributed by atoms with van der Waals surface area (Å²) in [5, 5.41) is 3.23. The minimum absolute atomic E-state index is 0.160. The molecule has 0 bridgehead atoms. The van der Waals surface area contributed by atoms with E-state index in [1.807, 2.05) is 6.08 Å². The van der Waals surface area contributed by atoms with Crippen LogP contribution in [0.25, 0.3) is 0 Å². The van der Waals surface area contributed by atoms with Gasteiger partial charge in [-0.1, -0.05) is 19.9 Å². The molecule has 1 aliphatic carbocycles. The highest BCUT2D eigenvalue weighted by molar-refractivity contribution is 5.78. The number of aliphatic imine (C=N–C) groups is 1. The normalized spacial score (nSPS) is 18.4. The van der Waals surface area contributed by atoms with E-state index in [0.717, 1.165) is 13.0 Å². The molecule has 1 saturated carbocycles. The number of guanidine groups is 1. The van der Waals surface area contributed by atoms with Crippen LogP contribution in [0.1, 0.15) is 39.5 Å². The van der Waals surface area contributed by atoms with Crippen molar-refractivity contribution in [3.63, 3.8) is 0 Å². The molecule has 0 unspecified atom stereocenters. The second kappa shape index (κ2) is 5.19. The maximum atomic E-state index is 5.80. The zero-order valence-corrected chi connectivity index (χ0v) is 9.92. The van der Waals surface area contributed by atoms with Gasteiger partial charge < -0.3 is 11.1 Å². The Hall–Kier alpha value is -0.990. The van der Waals surface area contributed by atoms with Crippen molar-refractivity contribution in [3.05, 3.63) is 12.7 Å². The Labute approximate surface area is 92.8 Å². The lowest BCUT2D eigenvalue weighted by atomic mass is 9.90. The van der Waals surface area contributed by atoms with Crippen molar-refractivity contribution in [2.24, 2.45) is 16.1 Å². The molecule has 0 heterocycles. The summed E-state index contributed by atoms with van der Waals surface area (Å²) in [6.07, 6.45) is 6.67. The third kappa shape index (κ3) is 4.36. The zero-order chi connectivity index (χ0) is 11.3. The molecule has 1 aliphatic rings. The molecule has 0 spiro atoms. The topological polar surface area (TPSA) is 50.4 Å². The van der Waals surface area contributed by atoms with Crippen molar-refractivity contribution < 1.29 is 0 Å². The van der Waals surface area contributed by atoms with E-state index in [-0.39, 0.29) is 5.41 Å². The lowest BCUT2D eigenvalue weighted by Crippen LogP contribution is -2.44. The molecule has 3 heteroatoms. The van der Waals surface area contributed by atoms with Gasteiger partial charge in [0.15, 0.2) is 5.96 Å². The monoisotopic (exact) mass is 209 g/mol. The van der Waals surface area contributed by atoms with Crippen LogP contribution >= 0.6 is 0 Å². The number of hydrogen-bond donors (Lipinski definition) is 2. The molecule has 1 fully saturated rings. The van der Waals surface area contributed by atoms with Crippen LogP contribution < -0.4 is 11.1 Å². The molecule has 0 aliphatic heterocycles. The Kier molecular flexibility index (Phi) is 4.18. The molecule has 0 amide bonds.